The molecule has 0 saturated carbocycles. The van der Waals surface area contributed by atoms with Gasteiger partial charge in [0, 0.05) is 12.6 Å². The number of hydrogen-bond donors (Lipinski definition) is 2. The SMILES string of the molecule is CC1=NNC(=O)C1=Cc1c(C)c(C#N)c(=O)n(C)c1O. The molecule has 0 saturated heterocycles. The summed E-state index contributed by atoms with van der Waals surface area (Å²) >= 11 is 0. The number of rotatable bonds is 1. The molecule has 7 heteroatoms. The number of nitrogens with zero attached hydrogens (tertiary/aromatic N) is 3. The minimum Gasteiger partial charge on any atom is -0.494 e. The molecule has 0 fully saturated rings. The van der Waals surface area contributed by atoms with E-state index >= 15 is 0 Å². The maximum atomic E-state index is 11.8. The highest BCUT2D eigenvalue weighted by Gasteiger charge is 2.22. The molecule has 2 N–H and O–H groups in total. The molecule has 1 amide bonds. The minimum atomic E-state index is -0.578. The lowest BCUT2D eigenvalue weighted by Crippen LogP contribution is -2.22. The highest BCUT2D eigenvalue weighted by Crippen LogP contribution is 2.24. The van der Waals surface area contributed by atoms with Gasteiger partial charge in [0.1, 0.15) is 11.6 Å². The number of aromatic hydroxyl groups is 1. The second-order valence-electron chi connectivity index (χ2n) is 4.41. The van der Waals surface area contributed by atoms with E-state index in [0.717, 1.165) is 4.57 Å². The summed E-state index contributed by atoms with van der Waals surface area (Å²) in [4.78, 5) is 23.4. The third-order valence-electron chi connectivity index (χ3n) is 3.22. The number of hydrazone groups is 1. The topological polar surface area (TPSA) is 107 Å². The molecule has 2 rings (SSSR count). The lowest BCUT2D eigenvalue weighted by Gasteiger charge is -2.10. The second kappa shape index (κ2) is 4.66. The fourth-order valence-electron chi connectivity index (χ4n) is 1.95. The predicted octanol–water partition coefficient (Wildman–Crippen LogP) is 0.160. The monoisotopic (exact) mass is 272 g/mol. The Labute approximate surface area is 114 Å². The molecule has 0 radical (unpaired) electrons. The van der Waals surface area contributed by atoms with Crippen LogP contribution in [0, 0.1) is 18.3 Å². The van der Waals surface area contributed by atoms with Crippen molar-refractivity contribution in [2.75, 3.05) is 0 Å². The first-order chi connectivity index (χ1) is 9.38. The van der Waals surface area contributed by atoms with Crippen molar-refractivity contribution >= 4 is 17.7 Å². The summed E-state index contributed by atoms with van der Waals surface area (Å²) < 4.78 is 0.970. The molecule has 1 aliphatic rings. The molecule has 20 heavy (non-hydrogen) atoms. The first-order valence-electron chi connectivity index (χ1n) is 5.77. The minimum absolute atomic E-state index is 0.0647. The summed E-state index contributed by atoms with van der Waals surface area (Å²) in [7, 11) is 1.36. The van der Waals surface area contributed by atoms with Gasteiger partial charge >= 0.3 is 0 Å². The van der Waals surface area contributed by atoms with Crippen LogP contribution in [0.3, 0.4) is 0 Å². The van der Waals surface area contributed by atoms with Crippen LogP contribution in [0.5, 0.6) is 5.88 Å². The Morgan fingerprint density at radius 3 is 2.55 bits per heavy atom. The van der Waals surface area contributed by atoms with Crippen LogP contribution in [0.1, 0.15) is 23.6 Å². The zero-order chi connectivity index (χ0) is 15.0. The van der Waals surface area contributed by atoms with Crippen molar-refractivity contribution < 1.29 is 9.90 Å². The molecule has 0 spiro atoms. The van der Waals surface area contributed by atoms with Gasteiger partial charge in [-0.05, 0) is 25.5 Å². The van der Waals surface area contributed by atoms with E-state index in [1.165, 1.54) is 13.1 Å². The van der Waals surface area contributed by atoms with Gasteiger partial charge in [0.05, 0.1) is 11.3 Å². The van der Waals surface area contributed by atoms with Crippen LogP contribution in [0.4, 0.5) is 0 Å². The Balaban J connectivity index is 2.77. The number of carbonyl (C=O) groups excluding carboxylic acids is 1. The lowest BCUT2D eigenvalue weighted by atomic mass is 10.0. The van der Waals surface area contributed by atoms with Crippen molar-refractivity contribution in [3.8, 4) is 11.9 Å². The number of nitrogens with one attached hydrogen (secondary N) is 1. The van der Waals surface area contributed by atoms with E-state index < -0.39 is 11.5 Å². The van der Waals surface area contributed by atoms with Crippen LogP contribution in [0.2, 0.25) is 0 Å². The summed E-state index contributed by atoms with van der Waals surface area (Å²) in [5.74, 6) is -0.694. The van der Waals surface area contributed by atoms with E-state index in [4.69, 9.17) is 5.26 Å². The van der Waals surface area contributed by atoms with E-state index in [9.17, 15) is 14.7 Å². The fourth-order valence-corrected chi connectivity index (χ4v) is 1.95. The van der Waals surface area contributed by atoms with E-state index in [1.807, 2.05) is 6.07 Å². The average molecular weight is 272 g/mol. The van der Waals surface area contributed by atoms with Crippen LogP contribution in [0.15, 0.2) is 15.5 Å². The summed E-state index contributed by atoms with van der Waals surface area (Å²) in [5, 5.41) is 22.9. The van der Waals surface area contributed by atoms with Crippen molar-refractivity contribution in [2.45, 2.75) is 13.8 Å². The highest BCUT2D eigenvalue weighted by molar-refractivity contribution is 6.26. The quantitative estimate of drug-likeness (QED) is 0.710. The molecule has 102 valence electrons. The van der Waals surface area contributed by atoms with Gasteiger partial charge in [-0.25, -0.2) is 5.43 Å². The number of aromatic nitrogens is 1. The molecule has 1 aromatic rings. The Kier molecular flexibility index (Phi) is 3.16. The standard InChI is InChI=1S/C13H12N4O3/c1-6-8(4-9-7(2)15-16-11(9)18)12(19)17(3)13(20)10(6)5-14/h4,19H,1-3H3,(H,16,18). The molecule has 0 unspecified atom stereocenters. The molecule has 0 atom stereocenters. The maximum Gasteiger partial charge on any atom is 0.273 e. The van der Waals surface area contributed by atoms with Crippen molar-refractivity contribution in [1.29, 1.82) is 5.26 Å². The number of nitriles is 1. The van der Waals surface area contributed by atoms with Crippen LogP contribution in [-0.2, 0) is 11.8 Å². The zero-order valence-corrected chi connectivity index (χ0v) is 11.2. The first kappa shape index (κ1) is 13.5. The van der Waals surface area contributed by atoms with Gasteiger partial charge in [-0.3, -0.25) is 14.2 Å². The predicted molar refractivity (Wildman–Crippen MR) is 72.0 cm³/mol. The van der Waals surface area contributed by atoms with Gasteiger partial charge in [0.15, 0.2) is 0 Å². The van der Waals surface area contributed by atoms with Gasteiger partial charge in [-0.2, -0.15) is 10.4 Å². The van der Waals surface area contributed by atoms with Crippen molar-refractivity contribution in [2.24, 2.45) is 12.1 Å². The van der Waals surface area contributed by atoms with Gasteiger partial charge in [0.2, 0.25) is 5.88 Å². The Morgan fingerprint density at radius 2 is 2.05 bits per heavy atom. The molecular formula is C13H12N4O3. The summed E-state index contributed by atoms with van der Waals surface area (Å²) in [6.07, 6.45) is 1.42. The van der Waals surface area contributed by atoms with Crippen LogP contribution in [0.25, 0.3) is 6.08 Å². The number of pyridine rings is 1. The Hall–Kier alpha value is -2.88. The normalized spacial score (nSPS) is 16.0. The second-order valence-corrected chi connectivity index (χ2v) is 4.41. The Morgan fingerprint density at radius 1 is 1.40 bits per heavy atom. The molecule has 0 aromatic carbocycles. The maximum absolute atomic E-state index is 11.8. The van der Waals surface area contributed by atoms with Crippen molar-refractivity contribution in [3.05, 3.63) is 32.6 Å². The summed E-state index contributed by atoms with van der Waals surface area (Å²) in [6, 6.07) is 1.81. The van der Waals surface area contributed by atoms with E-state index in [1.54, 1.807) is 13.8 Å². The van der Waals surface area contributed by atoms with Gasteiger partial charge in [0.25, 0.3) is 11.5 Å². The highest BCUT2D eigenvalue weighted by atomic mass is 16.3. The molecular weight excluding hydrogens is 260 g/mol. The van der Waals surface area contributed by atoms with Crippen molar-refractivity contribution in [1.82, 2.24) is 9.99 Å². The number of amides is 1. The molecule has 2 heterocycles. The van der Waals surface area contributed by atoms with Gasteiger partial charge in [-0.15, -0.1) is 0 Å². The first-order valence-corrected chi connectivity index (χ1v) is 5.77. The van der Waals surface area contributed by atoms with Gasteiger partial charge in [-0.1, -0.05) is 0 Å². The molecule has 1 aliphatic heterocycles. The number of carbonyl (C=O) groups is 1. The smallest absolute Gasteiger partial charge is 0.273 e. The van der Waals surface area contributed by atoms with E-state index in [2.05, 4.69) is 10.5 Å². The molecule has 1 aromatic heterocycles. The van der Waals surface area contributed by atoms with Crippen LogP contribution < -0.4 is 11.0 Å². The molecule has 7 nitrogen and oxygen atoms in total. The third-order valence-corrected chi connectivity index (χ3v) is 3.22. The lowest BCUT2D eigenvalue weighted by molar-refractivity contribution is -0.116. The fraction of sp³-hybridized carbons (Fsp3) is 0.231. The van der Waals surface area contributed by atoms with Gasteiger partial charge < -0.3 is 5.11 Å². The third kappa shape index (κ3) is 1.87. The van der Waals surface area contributed by atoms with Crippen molar-refractivity contribution in [3.63, 3.8) is 0 Å². The zero-order valence-electron chi connectivity index (χ0n) is 11.2. The molecule has 0 bridgehead atoms. The van der Waals surface area contributed by atoms with E-state index in [0.29, 0.717) is 11.3 Å². The molecule has 0 aliphatic carbocycles. The number of hydrogen-bond acceptors (Lipinski definition) is 5. The van der Waals surface area contributed by atoms with Crippen LogP contribution >= 0.6 is 0 Å². The van der Waals surface area contributed by atoms with Crippen LogP contribution in [-0.4, -0.2) is 21.3 Å². The average Bonchev–Trinajstić information content (AvgIpc) is 2.73. The summed E-state index contributed by atoms with van der Waals surface area (Å²) in [6.45, 7) is 3.19. The summed E-state index contributed by atoms with van der Waals surface area (Å²) in [5.41, 5.74) is 2.99. The largest absolute Gasteiger partial charge is 0.494 e. The van der Waals surface area contributed by atoms with E-state index in [-0.39, 0.29) is 22.6 Å². The Bertz CT molecular complexity index is 778.